The maximum absolute atomic E-state index is 11.1. The van der Waals surface area contributed by atoms with Gasteiger partial charge in [0.2, 0.25) is 11.9 Å². The molecule has 4 N–H and O–H groups in total. The van der Waals surface area contributed by atoms with E-state index in [0.717, 1.165) is 11.3 Å². The van der Waals surface area contributed by atoms with Gasteiger partial charge >= 0.3 is 0 Å². The number of primary amides is 1. The molecule has 0 bridgehead atoms. The van der Waals surface area contributed by atoms with Crippen molar-refractivity contribution in [1.82, 2.24) is 15.3 Å². The molecule has 1 aromatic heterocycles. The number of carbonyl (C=O) groups is 1. The molecule has 118 valence electrons. The van der Waals surface area contributed by atoms with Crippen LogP contribution in [-0.2, 0) is 0 Å². The molecule has 0 fully saturated rings. The van der Waals surface area contributed by atoms with Crippen molar-refractivity contribution < 1.29 is 4.79 Å². The number of carbonyl (C=O) groups excluding carboxylic acids is 1. The molecule has 1 aliphatic rings. The quantitative estimate of drug-likeness (QED) is 0.765. The highest BCUT2D eigenvalue weighted by Gasteiger charge is 2.18. The third-order valence-electron chi connectivity index (χ3n) is 3.70. The van der Waals surface area contributed by atoms with E-state index in [-0.39, 0.29) is 12.1 Å². The van der Waals surface area contributed by atoms with Gasteiger partial charge in [-0.2, -0.15) is 0 Å². The molecule has 1 aliphatic heterocycles. The van der Waals surface area contributed by atoms with Crippen LogP contribution in [-0.4, -0.2) is 40.8 Å². The average molecular weight is 310 g/mol. The summed E-state index contributed by atoms with van der Waals surface area (Å²) >= 11 is 0. The van der Waals surface area contributed by atoms with Crippen molar-refractivity contribution in [1.29, 1.82) is 0 Å². The Morgan fingerprint density at radius 2 is 2.13 bits per heavy atom. The fourth-order valence-electron chi connectivity index (χ4n) is 2.37. The molecule has 0 spiro atoms. The van der Waals surface area contributed by atoms with Gasteiger partial charge in [0.25, 0.3) is 0 Å². The molecule has 7 heteroatoms. The summed E-state index contributed by atoms with van der Waals surface area (Å²) < 4.78 is 0. The highest BCUT2D eigenvalue weighted by Crippen LogP contribution is 2.18. The van der Waals surface area contributed by atoms with Gasteiger partial charge in [-0.1, -0.05) is 12.1 Å². The molecule has 0 saturated heterocycles. The molecule has 0 aliphatic carbocycles. The van der Waals surface area contributed by atoms with Gasteiger partial charge in [-0.05, 0) is 25.1 Å². The standard InChI is InChI=1S/C16H18N6O/c1-10(14-8-18-9-20-14)21-16-19-7-6-13(22-16)11-2-4-12(5-3-11)15(17)23/h2-8,10,14,20H,9H2,1H3,(H2,17,23)(H,19,21,22). The lowest BCUT2D eigenvalue weighted by molar-refractivity contribution is 0.100. The first-order valence-electron chi connectivity index (χ1n) is 7.36. The van der Waals surface area contributed by atoms with Crippen LogP contribution in [0.25, 0.3) is 11.3 Å². The van der Waals surface area contributed by atoms with Gasteiger partial charge in [-0.25, -0.2) is 9.97 Å². The van der Waals surface area contributed by atoms with Crippen LogP contribution in [0.2, 0.25) is 0 Å². The third-order valence-corrected chi connectivity index (χ3v) is 3.70. The lowest BCUT2D eigenvalue weighted by Gasteiger charge is -2.19. The second kappa shape index (κ2) is 6.53. The van der Waals surface area contributed by atoms with Gasteiger partial charge in [-0.15, -0.1) is 0 Å². The van der Waals surface area contributed by atoms with E-state index >= 15 is 0 Å². The first kappa shape index (κ1) is 15.1. The Labute approximate surface area is 134 Å². The predicted molar refractivity (Wildman–Crippen MR) is 89.4 cm³/mol. The highest BCUT2D eigenvalue weighted by atomic mass is 16.1. The summed E-state index contributed by atoms with van der Waals surface area (Å²) in [6.07, 6.45) is 3.60. The van der Waals surface area contributed by atoms with E-state index < -0.39 is 5.91 Å². The maximum Gasteiger partial charge on any atom is 0.248 e. The molecule has 0 saturated carbocycles. The van der Waals surface area contributed by atoms with E-state index in [4.69, 9.17) is 5.73 Å². The predicted octanol–water partition coefficient (Wildman–Crippen LogP) is 1.04. The number of benzene rings is 1. The molecule has 23 heavy (non-hydrogen) atoms. The minimum Gasteiger partial charge on any atom is -0.366 e. The van der Waals surface area contributed by atoms with Gasteiger partial charge < -0.3 is 11.1 Å². The normalized spacial score (nSPS) is 17.9. The molecular weight excluding hydrogens is 292 g/mol. The van der Waals surface area contributed by atoms with Gasteiger partial charge in [0.05, 0.1) is 18.4 Å². The summed E-state index contributed by atoms with van der Waals surface area (Å²) in [6, 6.07) is 9.13. The number of rotatable bonds is 5. The highest BCUT2D eigenvalue weighted by molar-refractivity contribution is 5.93. The maximum atomic E-state index is 11.1. The first-order valence-corrected chi connectivity index (χ1v) is 7.36. The van der Waals surface area contributed by atoms with Crippen LogP contribution in [0, 0.1) is 0 Å². The number of aliphatic imine (C=N–C) groups is 1. The molecule has 1 aromatic carbocycles. The van der Waals surface area contributed by atoms with Crippen LogP contribution in [0.15, 0.2) is 41.5 Å². The zero-order chi connectivity index (χ0) is 16.2. The van der Waals surface area contributed by atoms with Crippen molar-refractivity contribution in [2.24, 2.45) is 10.7 Å². The zero-order valence-corrected chi connectivity index (χ0v) is 12.7. The van der Waals surface area contributed by atoms with Crippen LogP contribution in [0.3, 0.4) is 0 Å². The van der Waals surface area contributed by atoms with Crippen LogP contribution in [0.1, 0.15) is 17.3 Å². The smallest absolute Gasteiger partial charge is 0.248 e. The van der Waals surface area contributed by atoms with E-state index in [9.17, 15) is 4.79 Å². The summed E-state index contributed by atoms with van der Waals surface area (Å²) in [5, 5.41) is 6.53. The molecule has 2 aromatic rings. The number of anilines is 1. The van der Waals surface area contributed by atoms with E-state index in [1.165, 1.54) is 0 Å². The molecule has 2 atom stereocenters. The summed E-state index contributed by atoms with van der Waals surface area (Å²) in [4.78, 5) is 24.1. The molecule has 7 nitrogen and oxygen atoms in total. The Bertz CT molecular complexity index is 728. The molecule has 1 amide bonds. The topological polar surface area (TPSA) is 105 Å². The fourth-order valence-corrected chi connectivity index (χ4v) is 2.37. The van der Waals surface area contributed by atoms with Crippen molar-refractivity contribution in [3.8, 4) is 11.3 Å². The van der Waals surface area contributed by atoms with Gasteiger partial charge in [0.15, 0.2) is 0 Å². The van der Waals surface area contributed by atoms with Crippen molar-refractivity contribution in [3.05, 3.63) is 42.1 Å². The van der Waals surface area contributed by atoms with Crippen molar-refractivity contribution in [3.63, 3.8) is 0 Å². The Morgan fingerprint density at radius 3 is 2.78 bits per heavy atom. The number of amides is 1. The van der Waals surface area contributed by atoms with Crippen LogP contribution in [0.5, 0.6) is 0 Å². The van der Waals surface area contributed by atoms with E-state index in [1.807, 2.05) is 31.3 Å². The first-order chi connectivity index (χ1) is 11.1. The average Bonchev–Trinajstić information content (AvgIpc) is 3.10. The van der Waals surface area contributed by atoms with Crippen LogP contribution < -0.4 is 16.4 Å². The second-order valence-corrected chi connectivity index (χ2v) is 5.36. The molecular formula is C16H18N6O. The molecule has 0 radical (unpaired) electrons. The molecule has 2 unspecified atom stereocenters. The number of hydrogen-bond donors (Lipinski definition) is 3. The van der Waals surface area contributed by atoms with Crippen molar-refractivity contribution in [2.75, 3.05) is 12.0 Å². The lowest BCUT2D eigenvalue weighted by Crippen LogP contribution is -2.40. The Balaban J connectivity index is 1.76. The number of aromatic nitrogens is 2. The molecule has 3 rings (SSSR count). The van der Waals surface area contributed by atoms with E-state index in [2.05, 4.69) is 25.6 Å². The Hall–Kier alpha value is -2.80. The van der Waals surface area contributed by atoms with Crippen LogP contribution >= 0.6 is 0 Å². The SMILES string of the molecule is CC(Nc1nccc(-c2ccc(C(N)=O)cc2)n1)C1C=NCN1. The summed E-state index contributed by atoms with van der Waals surface area (Å²) in [6.45, 7) is 2.69. The number of nitrogens with zero attached hydrogens (tertiary/aromatic N) is 3. The largest absolute Gasteiger partial charge is 0.366 e. The van der Waals surface area contributed by atoms with Gasteiger partial charge in [0, 0.05) is 29.6 Å². The summed E-state index contributed by atoms with van der Waals surface area (Å²) in [5.74, 6) is 0.109. The lowest BCUT2D eigenvalue weighted by atomic mass is 10.1. The van der Waals surface area contributed by atoms with Gasteiger partial charge in [-0.3, -0.25) is 15.1 Å². The summed E-state index contributed by atoms with van der Waals surface area (Å²) in [7, 11) is 0. The minimum absolute atomic E-state index is 0.119. The Kier molecular flexibility index (Phi) is 4.29. The summed E-state index contributed by atoms with van der Waals surface area (Å²) in [5.41, 5.74) is 7.40. The number of nitrogens with two attached hydrogens (primary N) is 1. The zero-order valence-electron chi connectivity index (χ0n) is 12.7. The number of hydrogen-bond acceptors (Lipinski definition) is 6. The second-order valence-electron chi connectivity index (χ2n) is 5.36. The van der Waals surface area contributed by atoms with E-state index in [1.54, 1.807) is 18.3 Å². The monoisotopic (exact) mass is 310 g/mol. The van der Waals surface area contributed by atoms with Crippen molar-refractivity contribution in [2.45, 2.75) is 19.0 Å². The third kappa shape index (κ3) is 3.51. The van der Waals surface area contributed by atoms with E-state index in [0.29, 0.717) is 18.2 Å². The van der Waals surface area contributed by atoms with Gasteiger partial charge in [0.1, 0.15) is 0 Å². The molecule has 2 heterocycles. The minimum atomic E-state index is -0.443. The van der Waals surface area contributed by atoms with Crippen LogP contribution in [0.4, 0.5) is 5.95 Å². The number of nitrogens with one attached hydrogen (secondary N) is 2. The Morgan fingerprint density at radius 1 is 1.35 bits per heavy atom. The van der Waals surface area contributed by atoms with Crippen molar-refractivity contribution >= 4 is 18.1 Å². The fraction of sp³-hybridized carbons (Fsp3) is 0.250.